The van der Waals surface area contributed by atoms with Crippen molar-refractivity contribution in [3.8, 4) is 11.4 Å². The molecule has 3 rings (SSSR count). The first-order chi connectivity index (χ1) is 9.31. The number of hydrogen-bond acceptors (Lipinski definition) is 5. The van der Waals surface area contributed by atoms with Gasteiger partial charge in [0, 0.05) is 23.6 Å². The molecular formula is C13H12N6. The van der Waals surface area contributed by atoms with Gasteiger partial charge in [0.15, 0.2) is 5.82 Å². The summed E-state index contributed by atoms with van der Waals surface area (Å²) in [6.45, 7) is 0.503. The maximum absolute atomic E-state index is 5.65. The van der Waals surface area contributed by atoms with Crippen molar-refractivity contribution >= 4 is 5.69 Å². The Morgan fingerprint density at radius 1 is 1.00 bits per heavy atom. The Kier molecular flexibility index (Phi) is 2.89. The molecule has 0 spiro atoms. The van der Waals surface area contributed by atoms with Crippen molar-refractivity contribution < 1.29 is 0 Å². The summed E-state index contributed by atoms with van der Waals surface area (Å²) in [6, 6.07) is 9.24. The van der Waals surface area contributed by atoms with Crippen LogP contribution in [0, 0.1) is 0 Å². The number of hydrogen-bond donors (Lipinski definition) is 1. The highest BCUT2D eigenvalue weighted by Crippen LogP contribution is 2.15. The number of anilines is 1. The molecular weight excluding hydrogens is 240 g/mol. The smallest absolute Gasteiger partial charge is 0.181 e. The molecule has 3 aromatic rings. The van der Waals surface area contributed by atoms with Crippen LogP contribution >= 0.6 is 0 Å². The Labute approximate surface area is 110 Å². The molecule has 0 radical (unpaired) electrons. The van der Waals surface area contributed by atoms with E-state index in [9.17, 15) is 0 Å². The zero-order chi connectivity index (χ0) is 13.1. The molecule has 0 fully saturated rings. The van der Waals surface area contributed by atoms with Gasteiger partial charge in [0.1, 0.15) is 18.7 Å². The second kappa shape index (κ2) is 4.85. The SMILES string of the molecule is Nc1ccc(-c2ncn(Cc3ncccn3)n2)cc1. The zero-order valence-electron chi connectivity index (χ0n) is 10.1. The number of aromatic nitrogens is 5. The van der Waals surface area contributed by atoms with Gasteiger partial charge in [-0.2, -0.15) is 5.10 Å². The van der Waals surface area contributed by atoms with E-state index < -0.39 is 0 Å². The van der Waals surface area contributed by atoms with Crippen LogP contribution in [0.15, 0.2) is 49.1 Å². The van der Waals surface area contributed by atoms with Crippen molar-refractivity contribution in [3.63, 3.8) is 0 Å². The van der Waals surface area contributed by atoms with Crippen LogP contribution in [-0.2, 0) is 6.54 Å². The van der Waals surface area contributed by atoms with Crippen LogP contribution in [0.2, 0.25) is 0 Å². The molecule has 6 nitrogen and oxygen atoms in total. The van der Waals surface area contributed by atoms with Crippen LogP contribution in [-0.4, -0.2) is 24.7 Å². The Morgan fingerprint density at radius 3 is 2.47 bits per heavy atom. The highest BCUT2D eigenvalue weighted by atomic mass is 15.3. The van der Waals surface area contributed by atoms with E-state index in [0.29, 0.717) is 18.2 Å². The number of benzene rings is 1. The van der Waals surface area contributed by atoms with Crippen molar-refractivity contribution in [2.75, 3.05) is 5.73 Å². The number of nitrogens with two attached hydrogens (primary N) is 1. The van der Waals surface area contributed by atoms with Gasteiger partial charge in [0.2, 0.25) is 0 Å². The summed E-state index contributed by atoms with van der Waals surface area (Å²) >= 11 is 0. The third-order valence-corrected chi connectivity index (χ3v) is 2.63. The Bertz CT molecular complexity index is 659. The first kappa shape index (κ1) is 11.3. The molecule has 2 aromatic heterocycles. The number of nitrogens with zero attached hydrogens (tertiary/aromatic N) is 5. The summed E-state index contributed by atoms with van der Waals surface area (Å²) < 4.78 is 1.71. The summed E-state index contributed by atoms with van der Waals surface area (Å²) in [5, 5.41) is 4.39. The van der Waals surface area contributed by atoms with Crippen molar-refractivity contribution in [2.24, 2.45) is 0 Å². The van der Waals surface area contributed by atoms with E-state index in [1.165, 1.54) is 0 Å². The van der Waals surface area contributed by atoms with Gasteiger partial charge in [-0.3, -0.25) is 0 Å². The van der Waals surface area contributed by atoms with Gasteiger partial charge in [-0.25, -0.2) is 19.6 Å². The lowest BCUT2D eigenvalue weighted by Gasteiger charge is -1.98. The fraction of sp³-hybridized carbons (Fsp3) is 0.0769. The summed E-state index contributed by atoms with van der Waals surface area (Å²) in [5.74, 6) is 1.37. The van der Waals surface area contributed by atoms with Crippen LogP contribution in [0.1, 0.15) is 5.82 Å². The standard InChI is InChI=1S/C13H12N6/c14-11-4-2-10(3-5-11)13-17-9-19(18-13)8-12-15-6-1-7-16-12/h1-7,9H,8,14H2. The molecule has 0 bridgehead atoms. The van der Waals surface area contributed by atoms with Crippen LogP contribution in [0.25, 0.3) is 11.4 Å². The first-order valence-electron chi connectivity index (χ1n) is 5.82. The van der Waals surface area contributed by atoms with Gasteiger partial charge in [-0.1, -0.05) is 0 Å². The Balaban J connectivity index is 1.82. The molecule has 0 amide bonds. The highest BCUT2D eigenvalue weighted by Gasteiger charge is 2.05. The van der Waals surface area contributed by atoms with Crippen molar-refractivity contribution in [1.82, 2.24) is 24.7 Å². The first-order valence-corrected chi connectivity index (χ1v) is 5.82. The average molecular weight is 252 g/mol. The molecule has 0 aliphatic rings. The van der Waals surface area contributed by atoms with Crippen molar-refractivity contribution in [1.29, 1.82) is 0 Å². The molecule has 0 aliphatic carbocycles. The molecule has 19 heavy (non-hydrogen) atoms. The van der Waals surface area contributed by atoms with E-state index in [1.54, 1.807) is 29.5 Å². The topological polar surface area (TPSA) is 82.5 Å². The average Bonchev–Trinajstić information content (AvgIpc) is 2.89. The van der Waals surface area contributed by atoms with Crippen molar-refractivity contribution in [3.05, 3.63) is 54.9 Å². The maximum Gasteiger partial charge on any atom is 0.181 e. The second-order valence-corrected chi connectivity index (χ2v) is 4.05. The van der Waals surface area contributed by atoms with Gasteiger partial charge < -0.3 is 5.73 Å². The molecule has 94 valence electrons. The Hall–Kier alpha value is -2.76. The molecule has 2 N–H and O–H groups in total. The van der Waals surface area contributed by atoms with E-state index >= 15 is 0 Å². The molecule has 2 heterocycles. The predicted molar refractivity (Wildman–Crippen MR) is 71.0 cm³/mol. The van der Waals surface area contributed by atoms with Crippen LogP contribution in [0.4, 0.5) is 5.69 Å². The predicted octanol–water partition coefficient (Wildman–Crippen LogP) is 1.37. The largest absolute Gasteiger partial charge is 0.399 e. The molecule has 0 aliphatic heterocycles. The molecule has 0 unspecified atom stereocenters. The quantitative estimate of drug-likeness (QED) is 0.712. The van der Waals surface area contributed by atoms with E-state index in [1.807, 2.05) is 24.3 Å². The van der Waals surface area contributed by atoms with E-state index in [-0.39, 0.29) is 0 Å². The fourth-order valence-corrected chi connectivity index (χ4v) is 1.69. The lowest BCUT2D eigenvalue weighted by Crippen LogP contribution is -2.04. The third-order valence-electron chi connectivity index (χ3n) is 2.63. The van der Waals surface area contributed by atoms with Crippen LogP contribution < -0.4 is 5.73 Å². The summed E-state index contributed by atoms with van der Waals surface area (Å²) in [5.41, 5.74) is 7.30. The highest BCUT2D eigenvalue weighted by molar-refractivity contribution is 5.57. The van der Waals surface area contributed by atoms with Gasteiger partial charge in [-0.15, -0.1) is 0 Å². The van der Waals surface area contributed by atoms with E-state index in [0.717, 1.165) is 11.3 Å². The summed E-state index contributed by atoms with van der Waals surface area (Å²) in [7, 11) is 0. The van der Waals surface area contributed by atoms with Crippen LogP contribution in [0.5, 0.6) is 0 Å². The zero-order valence-corrected chi connectivity index (χ0v) is 10.1. The summed E-state index contributed by atoms with van der Waals surface area (Å²) in [4.78, 5) is 12.6. The maximum atomic E-state index is 5.65. The molecule has 0 saturated heterocycles. The van der Waals surface area contributed by atoms with Crippen molar-refractivity contribution in [2.45, 2.75) is 6.54 Å². The molecule has 0 atom stereocenters. The third kappa shape index (κ3) is 2.57. The number of rotatable bonds is 3. The Morgan fingerprint density at radius 2 is 1.74 bits per heavy atom. The minimum absolute atomic E-state index is 0.503. The van der Waals surface area contributed by atoms with Gasteiger partial charge in [0.25, 0.3) is 0 Å². The monoisotopic (exact) mass is 252 g/mol. The van der Waals surface area contributed by atoms with E-state index in [4.69, 9.17) is 5.73 Å². The molecule has 1 aromatic carbocycles. The minimum Gasteiger partial charge on any atom is -0.399 e. The lowest BCUT2D eigenvalue weighted by atomic mass is 10.2. The number of nitrogen functional groups attached to an aromatic ring is 1. The minimum atomic E-state index is 0.503. The van der Waals surface area contributed by atoms with Gasteiger partial charge >= 0.3 is 0 Å². The van der Waals surface area contributed by atoms with Gasteiger partial charge in [0.05, 0.1) is 0 Å². The second-order valence-electron chi connectivity index (χ2n) is 4.05. The fourth-order valence-electron chi connectivity index (χ4n) is 1.69. The normalized spacial score (nSPS) is 10.5. The van der Waals surface area contributed by atoms with E-state index in [2.05, 4.69) is 20.1 Å². The van der Waals surface area contributed by atoms with Gasteiger partial charge in [-0.05, 0) is 30.3 Å². The summed E-state index contributed by atoms with van der Waals surface area (Å²) in [6.07, 6.45) is 5.09. The molecule has 6 heteroatoms. The van der Waals surface area contributed by atoms with Crippen LogP contribution in [0.3, 0.4) is 0 Å². The molecule has 0 saturated carbocycles. The lowest BCUT2D eigenvalue weighted by molar-refractivity contribution is 0.655.